The Morgan fingerprint density at radius 3 is 2.79 bits per heavy atom. The number of morpholine rings is 1. The molecule has 2 aliphatic heterocycles. The second-order valence-electron chi connectivity index (χ2n) is 6.38. The number of carbonyl (C=O) groups excluding carboxylic acids is 1. The Kier molecular flexibility index (Phi) is 8.98. The van der Waals surface area contributed by atoms with Crippen LogP contribution in [0.25, 0.3) is 0 Å². The van der Waals surface area contributed by atoms with Crippen molar-refractivity contribution in [2.45, 2.75) is 19.4 Å². The molecule has 2 fully saturated rings. The van der Waals surface area contributed by atoms with E-state index in [0.29, 0.717) is 6.54 Å². The van der Waals surface area contributed by atoms with Crippen LogP contribution in [0, 0.1) is 5.41 Å². The summed E-state index contributed by atoms with van der Waals surface area (Å²) in [4.78, 5) is 16.3. The minimum Gasteiger partial charge on any atom is -0.379 e. The summed E-state index contributed by atoms with van der Waals surface area (Å²) < 4.78 is 5.46. The average Bonchev–Trinajstić information content (AvgIpc) is 3.21. The van der Waals surface area contributed by atoms with Gasteiger partial charge in [-0.3, -0.25) is 9.69 Å². The summed E-state index contributed by atoms with van der Waals surface area (Å²) in [6.07, 6.45) is 0.917. The Balaban J connectivity index is 0.00000144. The minimum absolute atomic E-state index is 0. The van der Waals surface area contributed by atoms with E-state index in [1.807, 2.05) is 0 Å². The summed E-state index contributed by atoms with van der Waals surface area (Å²) in [5.74, 6) is 0.173. The van der Waals surface area contributed by atoms with E-state index in [0.717, 1.165) is 45.8 Å². The van der Waals surface area contributed by atoms with Gasteiger partial charge in [-0.25, -0.2) is 0 Å². The molecule has 0 spiro atoms. The second-order valence-corrected chi connectivity index (χ2v) is 7.36. The third-order valence-electron chi connectivity index (χ3n) is 4.73. The molecule has 0 saturated carbocycles. The Morgan fingerprint density at radius 1 is 1.46 bits per heavy atom. The molecule has 2 atom stereocenters. The fourth-order valence-corrected chi connectivity index (χ4v) is 4.05. The second kappa shape index (κ2) is 9.94. The molecular formula is C16H27Cl2N3O2S. The van der Waals surface area contributed by atoms with E-state index in [1.165, 1.54) is 4.88 Å². The third-order valence-corrected chi connectivity index (χ3v) is 5.70. The molecule has 2 aliphatic rings. The third kappa shape index (κ3) is 5.07. The van der Waals surface area contributed by atoms with Gasteiger partial charge in [-0.1, -0.05) is 6.07 Å². The van der Waals surface area contributed by atoms with Gasteiger partial charge in [0, 0.05) is 31.1 Å². The van der Waals surface area contributed by atoms with Gasteiger partial charge in [0.05, 0.1) is 24.7 Å². The van der Waals surface area contributed by atoms with Crippen molar-refractivity contribution in [1.29, 1.82) is 0 Å². The van der Waals surface area contributed by atoms with Crippen LogP contribution in [0.3, 0.4) is 0 Å². The van der Waals surface area contributed by atoms with Gasteiger partial charge in [-0.15, -0.1) is 36.2 Å². The van der Waals surface area contributed by atoms with E-state index in [1.54, 1.807) is 11.3 Å². The molecule has 2 N–H and O–H groups in total. The molecule has 138 valence electrons. The number of carbonyl (C=O) groups is 1. The van der Waals surface area contributed by atoms with E-state index in [-0.39, 0.29) is 42.2 Å². The zero-order chi connectivity index (χ0) is 15.4. The molecule has 5 nitrogen and oxygen atoms in total. The first-order chi connectivity index (χ1) is 10.7. The van der Waals surface area contributed by atoms with Crippen molar-refractivity contribution < 1.29 is 9.53 Å². The van der Waals surface area contributed by atoms with Gasteiger partial charge in [0.25, 0.3) is 0 Å². The molecule has 0 radical (unpaired) electrons. The zero-order valence-corrected chi connectivity index (χ0v) is 16.4. The van der Waals surface area contributed by atoms with Crippen molar-refractivity contribution in [3.63, 3.8) is 0 Å². The maximum absolute atomic E-state index is 12.5. The predicted octanol–water partition coefficient (Wildman–Crippen LogP) is 2.08. The lowest BCUT2D eigenvalue weighted by molar-refractivity contribution is -0.129. The van der Waals surface area contributed by atoms with Crippen LogP contribution in [0.1, 0.15) is 24.3 Å². The van der Waals surface area contributed by atoms with Crippen LogP contribution in [-0.2, 0) is 9.53 Å². The maximum Gasteiger partial charge on any atom is 0.227 e. The summed E-state index contributed by atoms with van der Waals surface area (Å²) in [5.41, 5.74) is -0.259. The molecule has 1 aromatic heterocycles. The predicted molar refractivity (Wildman–Crippen MR) is 103 cm³/mol. The normalized spacial score (nSPS) is 25.4. The number of hydrogen-bond donors (Lipinski definition) is 2. The lowest BCUT2D eigenvalue weighted by atomic mass is 9.89. The topological polar surface area (TPSA) is 53.6 Å². The van der Waals surface area contributed by atoms with Crippen molar-refractivity contribution in [1.82, 2.24) is 15.5 Å². The Labute approximate surface area is 160 Å². The molecule has 0 aromatic carbocycles. The Bertz CT molecular complexity index is 490. The van der Waals surface area contributed by atoms with Gasteiger partial charge in [0.15, 0.2) is 0 Å². The van der Waals surface area contributed by atoms with Crippen molar-refractivity contribution >= 4 is 42.1 Å². The lowest BCUT2D eigenvalue weighted by Crippen LogP contribution is -2.47. The van der Waals surface area contributed by atoms with Crippen molar-refractivity contribution in [2.24, 2.45) is 5.41 Å². The molecule has 0 bridgehead atoms. The standard InChI is InChI=1S/C16H25N3O2S.2ClH/c1-16(4-5-17-12-16)15(20)18-11-13(14-3-2-10-22-14)19-6-8-21-9-7-19;;/h2-3,10,13,17H,4-9,11-12H2,1H3,(H,18,20);2*1H. The van der Waals surface area contributed by atoms with Gasteiger partial charge >= 0.3 is 0 Å². The quantitative estimate of drug-likeness (QED) is 0.800. The molecule has 2 saturated heterocycles. The number of rotatable bonds is 5. The number of ether oxygens (including phenoxy) is 1. The molecule has 1 amide bonds. The Morgan fingerprint density at radius 2 is 2.21 bits per heavy atom. The highest BCUT2D eigenvalue weighted by Crippen LogP contribution is 2.27. The summed E-state index contributed by atoms with van der Waals surface area (Å²) >= 11 is 1.76. The molecule has 2 unspecified atom stereocenters. The molecule has 3 rings (SSSR count). The average molecular weight is 396 g/mol. The molecule has 8 heteroatoms. The first kappa shape index (κ1) is 21.7. The number of thiophene rings is 1. The smallest absolute Gasteiger partial charge is 0.227 e. The number of hydrogen-bond acceptors (Lipinski definition) is 5. The van der Waals surface area contributed by atoms with Crippen LogP contribution >= 0.6 is 36.2 Å². The summed E-state index contributed by atoms with van der Waals surface area (Å²) in [5, 5.41) is 8.59. The highest BCUT2D eigenvalue weighted by molar-refractivity contribution is 7.10. The van der Waals surface area contributed by atoms with Gasteiger partial charge in [-0.05, 0) is 31.3 Å². The first-order valence-electron chi connectivity index (χ1n) is 8.03. The van der Waals surface area contributed by atoms with Crippen molar-refractivity contribution in [3.05, 3.63) is 22.4 Å². The summed E-state index contributed by atoms with van der Waals surface area (Å²) in [7, 11) is 0. The fraction of sp³-hybridized carbons (Fsp3) is 0.688. The van der Waals surface area contributed by atoms with E-state index < -0.39 is 0 Å². The van der Waals surface area contributed by atoms with E-state index in [9.17, 15) is 4.79 Å². The minimum atomic E-state index is -0.259. The van der Waals surface area contributed by atoms with Crippen LogP contribution in [-0.4, -0.2) is 56.7 Å². The largest absolute Gasteiger partial charge is 0.379 e. The Hall–Kier alpha value is -0.370. The van der Waals surface area contributed by atoms with Crippen LogP contribution in [0.15, 0.2) is 17.5 Å². The van der Waals surface area contributed by atoms with Gasteiger partial charge in [-0.2, -0.15) is 0 Å². The van der Waals surface area contributed by atoms with Crippen LogP contribution in [0.4, 0.5) is 0 Å². The lowest BCUT2D eigenvalue weighted by Gasteiger charge is -2.34. The van der Waals surface area contributed by atoms with E-state index in [2.05, 4.69) is 40.0 Å². The van der Waals surface area contributed by atoms with Crippen molar-refractivity contribution in [3.8, 4) is 0 Å². The maximum atomic E-state index is 12.5. The van der Waals surface area contributed by atoms with Gasteiger partial charge in [0.2, 0.25) is 5.91 Å². The molecule has 24 heavy (non-hydrogen) atoms. The summed E-state index contributed by atoms with van der Waals surface area (Å²) in [6, 6.07) is 4.50. The molecular weight excluding hydrogens is 369 g/mol. The number of halogens is 2. The van der Waals surface area contributed by atoms with Crippen LogP contribution in [0.2, 0.25) is 0 Å². The fourth-order valence-electron chi connectivity index (χ4n) is 3.19. The highest BCUT2D eigenvalue weighted by Gasteiger charge is 2.36. The van der Waals surface area contributed by atoms with Crippen LogP contribution < -0.4 is 10.6 Å². The monoisotopic (exact) mass is 395 g/mol. The number of nitrogens with one attached hydrogen (secondary N) is 2. The van der Waals surface area contributed by atoms with Gasteiger partial charge < -0.3 is 15.4 Å². The SMILES string of the molecule is CC1(C(=O)NCC(c2cccs2)N2CCOCC2)CCNC1.Cl.Cl. The van der Waals surface area contributed by atoms with Gasteiger partial charge in [0.1, 0.15) is 0 Å². The zero-order valence-electron chi connectivity index (χ0n) is 14.0. The van der Waals surface area contributed by atoms with E-state index in [4.69, 9.17) is 4.74 Å². The molecule has 0 aliphatic carbocycles. The van der Waals surface area contributed by atoms with E-state index >= 15 is 0 Å². The van der Waals surface area contributed by atoms with Crippen LogP contribution in [0.5, 0.6) is 0 Å². The van der Waals surface area contributed by atoms with Crippen molar-refractivity contribution in [2.75, 3.05) is 45.9 Å². The molecule has 1 aromatic rings. The molecule has 3 heterocycles. The highest BCUT2D eigenvalue weighted by atomic mass is 35.5. The summed E-state index contributed by atoms with van der Waals surface area (Å²) in [6.45, 7) is 7.84. The number of amides is 1. The number of nitrogens with zero attached hydrogens (tertiary/aromatic N) is 1. The first-order valence-corrected chi connectivity index (χ1v) is 8.91.